The molecular weight excluding hydrogens is 269 g/mol. The fraction of sp³-hybridized carbons (Fsp3) is 0. The Morgan fingerprint density at radius 2 is 1.61 bits per heavy atom. The molecule has 2 nitrogen and oxygen atoms in total. The quantitative estimate of drug-likeness (QED) is 0.775. The van der Waals surface area contributed by atoms with Gasteiger partial charge in [0.1, 0.15) is 0 Å². The van der Waals surface area contributed by atoms with Gasteiger partial charge in [0.2, 0.25) is 0 Å². The van der Waals surface area contributed by atoms with E-state index >= 15 is 0 Å². The number of carbonyl (C=O) groups is 1. The number of halogens is 2. The molecule has 0 heterocycles. The molecule has 18 heavy (non-hydrogen) atoms. The van der Waals surface area contributed by atoms with E-state index in [1.165, 1.54) is 0 Å². The zero-order chi connectivity index (χ0) is 13.1. The van der Waals surface area contributed by atoms with Gasteiger partial charge >= 0.3 is 0 Å². The molecule has 2 aromatic rings. The van der Waals surface area contributed by atoms with Crippen LogP contribution in [0.15, 0.2) is 42.5 Å². The van der Waals surface area contributed by atoms with Crippen LogP contribution in [0.3, 0.4) is 0 Å². The summed E-state index contributed by atoms with van der Waals surface area (Å²) in [6.07, 6.45) is 0. The van der Waals surface area contributed by atoms with Crippen LogP contribution in [0.25, 0.3) is 0 Å². The Balaban J connectivity index is 2.60. The first kappa shape index (κ1) is 12.6. The summed E-state index contributed by atoms with van der Waals surface area (Å²) in [7, 11) is 0. The van der Waals surface area contributed by atoms with Gasteiger partial charge in [-0.05, 0) is 24.3 Å². The lowest BCUT2D eigenvalue weighted by Gasteiger charge is -2.07. The average Bonchev–Trinajstić information content (AvgIpc) is 2.38. The van der Waals surface area contributed by atoms with Gasteiger partial charge in [0, 0.05) is 5.56 Å². The Hall–Kier alpha value is -1.82. The molecular formula is C14H7Cl2NO. The molecule has 0 N–H and O–H groups in total. The average molecular weight is 276 g/mol. The van der Waals surface area contributed by atoms with Crippen molar-refractivity contribution < 1.29 is 4.79 Å². The smallest absolute Gasteiger partial charge is 0.197 e. The maximum atomic E-state index is 12.3. The van der Waals surface area contributed by atoms with Crippen LogP contribution in [0.1, 0.15) is 21.5 Å². The minimum atomic E-state index is -0.345. The Morgan fingerprint density at radius 1 is 1.00 bits per heavy atom. The Bertz CT molecular complexity index is 639. The second-order valence-corrected chi connectivity index (χ2v) is 4.40. The molecule has 0 aliphatic rings. The predicted octanol–water partition coefficient (Wildman–Crippen LogP) is 4.10. The molecule has 0 aliphatic carbocycles. The standard InChI is InChI=1S/C14H7Cl2NO/c15-11-6-3-7-12(16)13(11)14(18)10-5-2-1-4-9(10)8-17/h1-7H. The monoisotopic (exact) mass is 275 g/mol. The van der Waals surface area contributed by atoms with Gasteiger partial charge in [-0.3, -0.25) is 4.79 Å². The lowest BCUT2D eigenvalue weighted by molar-refractivity contribution is 0.103. The highest BCUT2D eigenvalue weighted by Crippen LogP contribution is 2.27. The fourth-order valence-electron chi connectivity index (χ4n) is 1.63. The summed E-state index contributed by atoms with van der Waals surface area (Å²) in [6, 6.07) is 13.4. The Morgan fingerprint density at radius 3 is 2.22 bits per heavy atom. The third-order valence-corrected chi connectivity index (χ3v) is 3.11. The van der Waals surface area contributed by atoms with Crippen molar-refractivity contribution >= 4 is 29.0 Å². The summed E-state index contributed by atoms with van der Waals surface area (Å²) in [4.78, 5) is 12.3. The summed E-state index contributed by atoms with van der Waals surface area (Å²) in [5, 5.41) is 9.54. The number of benzene rings is 2. The van der Waals surface area contributed by atoms with E-state index in [1.807, 2.05) is 6.07 Å². The van der Waals surface area contributed by atoms with Crippen molar-refractivity contribution in [2.45, 2.75) is 0 Å². The van der Waals surface area contributed by atoms with Crippen LogP contribution < -0.4 is 0 Å². The van der Waals surface area contributed by atoms with Gasteiger partial charge < -0.3 is 0 Å². The number of carbonyl (C=O) groups excluding carboxylic acids is 1. The van der Waals surface area contributed by atoms with Crippen LogP contribution in [0.5, 0.6) is 0 Å². The highest BCUT2D eigenvalue weighted by molar-refractivity contribution is 6.41. The van der Waals surface area contributed by atoms with Gasteiger partial charge in [0.05, 0.1) is 27.2 Å². The first-order chi connectivity index (χ1) is 8.65. The first-order valence-corrected chi connectivity index (χ1v) is 5.88. The van der Waals surface area contributed by atoms with Crippen LogP contribution >= 0.6 is 23.2 Å². The van der Waals surface area contributed by atoms with Crippen molar-refractivity contribution in [3.8, 4) is 6.07 Å². The molecule has 0 aromatic heterocycles. The molecule has 88 valence electrons. The summed E-state index contributed by atoms with van der Waals surface area (Å²) in [5.41, 5.74) is 0.831. The number of hydrogen-bond donors (Lipinski definition) is 0. The van der Waals surface area contributed by atoms with E-state index in [4.69, 9.17) is 28.5 Å². The van der Waals surface area contributed by atoms with Crippen LogP contribution in [0.2, 0.25) is 10.0 Å². The third-order valence-electron chi connectivity index (χ3n) is 2.48. The van der Waals surface area contributed by atoms with Crippen molar-refractivity contribution in [1.29, 1.82) is 5.26 Å². The van der Waals surface area contributed by atoms with E-state index in [9.17, 15) is 4.79 Å². The second-order valence-electron chi connectivity index (χ2n) is 3.58. The van der Waals surface area contributed by atoms with Gasteiger partial charge in [0.15, 0.2) is 5.78 Å². The summed E-state index contributed by atoms with van der Waals surface area (Å²) in [6.45, 7) is 0. The van der Waals surface area contributed by atoms with Gasteiger partial charge in [-0.25, -0.2) is 0 Å². The third kappa shape index (κ3) is 2.24. The maximum absolute atomic E-state index is 12.3. The molecule has 0 fully saturated rings. The van der Waals surface area contributed by atoms with Gasteiger partial charge in [-0.1, -0.05) is 41.4 Å². The van der Waals surface area contributed by atoms with Gasteiger partial charge in [-0.2, -0.15) is 5.26 Å². The molecule has 0 spiro atoms. The highest BCUT2D eigenvalue weighted by Gasteiger charge is 2.18. The van der Waals surface area contributed by atoms with Crippen LogP contribution in [0.4, 0.5) is 0 Å². The molecule has 0 radical (unpaired) electrons. The number of nitrogens with zero attached hydrogens (tertiary/aromatic N) is 1. The lowest BCUT2D eigenvalue weighted by Crippen LogP contribution is -2.05. The Labute approximate surface area is 114 Å². The zero-order valence-electron chi connectivity index (χ0n) is 9.15. The van der Waals surface area contributed by atoms with Crippen LogP contribution in [-0.2, 0) is 0 Å². The lowest BCUT2D eigenvalue weighted by atomic mass is 9.99. The van der Waals surface area contributed by atoms with Crippen molar-refractivity contribution in [3.63, 3.8) is 0 Å². The van der Waals surface area contributed by atoms with E-state index in [0.717, 1.165) is 0 Å². The molecule has 2 rings (SSSR count). The largest absolute Gasteiger partial charge is 0.288 e. The summed E-state index contributed by atoms with van der Waals surface area (Å²) >= 11 is 12.0. The molecule has 0 saturated heterocycles. The number of ketones is 1. The van der Waals surface area contributed by atoms with E-state index < -0.39 is 0 Å². The summed E-state index contributed by atoms with van der Waals surface area (Å²) in [5.74, 6) is -0.345. The van der Waals surface area contributed by atoms with E-state index in [1.54, 1.807) is 42.5 Å². The fourth-order valence-corrected chi connectivity index (χ4v) is 2.20. The second kappa shape index (κ2) is 5.22. The van der Waals surface area contributed by atoms with Crippen molar-refractivity contribution in [2.24, 2.45) is 0 Å². The first-order valence-electron chi connectivity index (χ1n) is 5.13. The minimum Gasteiger partial charge on any atom is -0.288 e. The van der Waals surface area contributed by atoms with Gasteiger partial charge in [0.25, 0.3) is 0 Å². The molecule has 4 heteroatoms. The Kier molecular flexibility index (Phi) is 3.66. The normalized spacial score (nSPS) is 9.83. The predicted molar refractivity (Wildman–Crippen MR) is 71.1 cm³/mol. The van der Waals surface area contributed by atoms with Crippen LogP contribution in [-0.4, -0.2) is 5.78 Å². The number of hydrogen-bond acceptors (Lipinski definition) is 2. The molecule has 2 aromatic carbocycles. The molecule has 0 bridgehead atoms. The molecule has 0 saturated carbocycles. The maximum Gasteiger partial charge on any atom is 0.197 e. The SMILES string of the molecule is N#Cc1ccccc1C(=O)c1c(Cl)cccc1Cl. The zero-order valence-corrected chi connectivity index (χ0v) is 10.7. The van der Waals surface area contributed by atoms with Crippen LogP contribution in [0, 0.1) is 11.3 Å². The van der Waals surface area contributed by atoms with Crippen molar-refractivity contribution in [3.05, 3.63) is 69.2 Å². The topological polar surface area (TPSA) is 40.9 Å². The van der Waals surface area contributed by atoms with E-state index in [0.29, 0.717) is 11.1 Å². The number of nitriles is 1. The molecule has 0 unspecified atom stereocenters. The van der Waals surface area contributed by atoms with Gasteiger partial charge in [-0.15, -0.1) is 0 Å². The molecule has 0 atom stereocenters. The number of rotatable bonds is 2. The van der Waals surface area contributed by atoms with E-state index in [-0.39, 0.29) is 21.4 Å². The minimum absolute atomic E-state index is 0.225. The highest BCUT2D eigenvalue weighted by atomic mass is 35.5. The van der Waals surface area contributed by atoms with Crippen molar-refractivity contribution in [1.82, 2.24) is 0 Å². The van der Waals surface area contributed by atoms with E-state index in [2.05, 4.69) is 0 Å². The summed E-state index contributed by atoms with van der Waals surface area (Å²) < 4.78 is 0. The molecule has 0 amide bonds. The molecule has 0 aliphatic heterocycles. The van der Waals surface area contributed by atoms with Crippen molar-refractivity contribution in [2.75, 3.05) is 0 Å².